The molecule has 0 spiro atoms. The summed E-state index contributed by atoms with van der Waals surface area (Å²) < 4.78 is 6.57. The maximum atomic E-state index is 9.72. The van der Waals surface area contributed by atoms with E-state index in [4.69, 9.17) is 4.43 Å². The molecule has 0 aromatic carbocycles. The van der Waals surface area contributed by atoms with Gasteiger partial charge in [0.1, 0.15) is 6.04 Å². The van der Waals surface area contributed by atoms with E-state index in [9.17, 15) is 10.5 Å². The zero-order chi connectivity index (χ0) is 14.8. The Bertz CT molecular complexity index is 317. The third-order valence-electron chi connectivity index (χ3n) is 4.51. The van der Waals surface area contributed by atoms with E-state index in [-0.39, 0.29) is 6.10 Å². The highest BCUT2D eigenvalue weighted by Crippen LogP contribution is 2.44. The lowest BCUT2D eigenvalue weighted by atomic mass is 10.2. The molecule has 5 heteroatoms. The molecule has 1 aliphatic rings. The van der Waals surface area contributed by atoms with Crippen LogP contribution in [0.4, 0.5) is 0 Å². The maximum absolute atomic E-state index is 9.72. The Morgan fingerprint density at radius 1 is 1.16 bits per heavy atom. The first-order valence-corrected chi connectivity index (χ1v) is 9.44. The molecule has 0 unspecified atom stereocenters. The van der Waals surface area contributed by atoms with Crippen LogP contribution in [0.1, 0.15) is 48.0 Å². The minimum absolute atomic E-state index is 0.145. The van der Waals surface area contributed by atoms with Gasteiger partial charge in [0.25, 0.3) is 0 Å². The Balaban J connectivity index is 2.99. The zero-order valence-corrected chi connectivity index (χ0v) is 14.1. The molecule has 4 nitrogen and oxygen atoms in total. The standard InChI is InChI=1S/C14H28N2O2Si/c1-10(2)19(11(3)4,12(5)6)18-14-7-8-16(17)13(14)9-15/h10-14,17H,7-8H2,1-6H3/t13-,14+/m1/s1. The molecule has 2 atom stereocenters. The van der Waals surface area contributed by atoms with E-state index in [2.05, 4.69) is 47.6 Å². The average molecular weight is 284 g/mol. The van der Waals surface area contributed by atoms with Gasteiger partial charge in [-0.2, -0.15) is 10.3 Å². The molecule has 1 heterocycles. The van der Waals surface area contributed by atoms with Crippen molar-refractivity contribution in [3.63, 3.8) is 0 Å². The molecule has 0 saturated carbocycles. The second-order valence-electron chi connectivity index (χ2n) is 6.50. The summed E-state index contributed by atoms with van der Waals surface area (Å²) in [6.45, 7) is 13.9. The third-order valence-corrected chi connectivity index (χ3v) is 10.6. The van der Waals surface area contributed by atoms with Crippen molar-refractivity contribution in [3.05, 3.63) is 0 Å². The molecule has 0 aliphatic carbocycles. The van der Waals surface area contributed by atoms with E-state index < -0.39 is 14.4 Å². The molecule has 110 valence electrons. The van der Waals surface area contributed by atoms with Crippen LogP contribution in [-0.2, 0) is 4.43 Å². The molecule has 1 fully saturated rings. The van der Waals surface area contributed by atoms with Crippen molar-refractivity contribution < 1.29 is 9.63 Å². The Morgan fingerprint density at radius 2 is 1.63 bits per heavy atom. The number of nitrogens with zero attached hydrogens (tertiary/aromatic N) is 2. The Labute approximate surface area is 118 Å². The van der Waals surface area contributed by atoms with Crippen molar-refractivity contribution in [2.24, 2.45) is 0 Å². The summed E-state index contributed by atoms with van der Waals surface area (Å²) in [5.41, 5.74) is 1.50. The minimum Gasteiger partial charge on any atom is -0.410 e. The molecule has 0 aromatic rings. The summed E-state index contributed by atoms with van der Waals surface area (Å²) in [7, 11) is -1.97. The fourth-order valence-electron chi connectivity index (χ4n) is 3.69. The third kappa shape index (κ3) is 3.02. The van der Waals surface area contributed by atoms with Crippen molar-refractivity contribution in [2.45, 2.75) is 76.7 Å². The molecule has 0 bridgehead atoms. The van der Waals surface area contributed by atoms with Gasteiger partial charge in [-0.1, -0.05) is 41.5 Å². The van der Waals surface area contributed by atoms with Crippen molar-refractivity contribution >= 4 is 8.32 Å². The van der Waals surface area contributed by atoms with Crippen LogP contribution >= 0.6 is 0 Å². The van der Waals surface area contributed by atoms with Gasteiger partial charge in [0, 0.05) is 6.54 Å². The average Bonchev–Trinajstić information content (AvgIpc) is 2.64. The summed E-state index contributed by atoms with van der Waals surface area (Å²) >= 11 is 0. The predicted octanol–water partition coefficient (Wildman–Crippen LogP) is 3.53. The minimum atomic E-state index is -1.97. The Morgan fingerprint density at radius 3 is 2.00 bits per heavy atom. The monoisotopic (exact) mass is 284 g/mol. The van der Waals surface area contributed by atoms with Gasteiger partial charge in [0.15, 0.2) is 0 Å². The fourth-order valence-corrected chi connectivity index (χ4v) is 9.28. The summed E-state index contributed by atoms with van der Waals surface area (Å²) in [5.74, 6) is 0. The highest BCUT2D eigenvalue weighted by atomic mass is 28.4. The molecule has 1 saturated heterocycles. The molecular formula is C14H28N2O2Si. The second kappa shape index (κ2) is 6.36. The first kappa shape index (κ1) is 16.6. The lowest BCUT2D eigenvalue weighted by Crippen LogP contribution is -2.52. The maximum Gasteiger partial charge on any atom is 0.200 e. The van der Waals surface area contributed by atoms with Crippen LogP contribution in [0.5, 0.6) is 0 Å². The molecule has 0 aromatic heterocycles. The van der Waals surface area contributed by atoms with Crippen molar-refractivity contribution in [3.8, 4) is 6.07 Å². The van der Waals surface area contributed by atoms with E-state index >= 15 is 0 Å². The lowest BCUT2D eigenvalue weighted by Gasteiger charge is -2.44. The molecule has 1 rings (SSSR count). The van der Waals surface area contributed by atoms with Crippen LogP contribution in [-0.4, -0.2) is 37.3 Å². The summed E-state index contributed by atoms with van der Waals surface area (Å²) in [4.78, 5) is 0. The summed E-state index contributed by atoms with van der Waals surface area (Å²) in [6, 6.07) is 1.67. The Hall–Kier alpha value is -0.413. The number of hydroxylamine groups is 2. The predicted molar refractivity (Wildman–Crippen MR) is 78.4 cm³/mol. The largest absolute Gasteiger partial charge is 0.410 e. The van der Waals surface area contributed by atoms with Crippen LogP contribution in [0.25, 0.3) is 0 Å². The highest BCUT2D eigenvalue weighted by Gasteiger charge is 2.49. The number of hydrogen-bond acceptors (Lipinski definition) is 4. The van der Waals surface area contributed by atoms with Crippen LogP contribution in [0, 0.1) is 11.3 Å². The van der Waals surface area contributed by atoms with Crippen LogP contribution < -0.4 is 0 Å². The van der Waals surface area contributed by atoms with E-state index in [1.807, 2.05) is 0 Å². The molecule has 1 aliphatic heterocycles. The van der Waals surface area contributed by atoms with Gasteiger partial charge in [0.2, 0.25) is 8.32 Å². The summed E-state index contributed by atoms with van der Waals surface area (Å²) in [5, 5.41) is 20.1. The molecule has 0 radical (unpaired) electrons. The van der Waals surface area contributed by atoms with Crippen molar-refractivity contribution in [2.75, 3.05) is 6.54 Å². The van der Waals surface area contributed by atoms with Crippen molar-refractivity contribution in [1.82, 2.24) is 5.06 Å². The van der Waals surface area contributed by atoms with Gasteiger partial charge in [-0.15, -0.1) is 0 Å². The smallest absolute Gasteiger partial charge is 0.200 e. The van der Waals surface area contributed by atoms with Crippen molar-refractivity contribution in [1.29, 1.82) is 5.26 Å². The number of hydrogen-bond donors (Lipinski definition) is 1. The second-order valence-corrected chi connectivity index (χ2v) is 11.9. The SMILES string of the molecule is CC(C)[Si](O[C@H]1CCN(O)[C@@H]1C#N)(C(C)C)C(C)C. The van der Waals surface area contributed by atoms with Crippen LogP contribution in [0.15, 0.2) is 0 Å². The van der Waals surface area contributed by atoms with E-state index in [1.54, 1.807) is 0 Å². The normalized spacial score (nSPS) is 25.5. The first-order valence-electron chi connectivity index (χ1n) is 7.30. The van der Waals surface area contributed by atoms with Gasteiger partial charge in [-0.05, 0) is 23.0 Å². The van der Waals surface area contributed by atoms with Gasteiger partial charge >= 0.3 is 0 Å². The van der Waals surface area contributed by atoms with Crippen LogP contribution in [0.3, 0.4) is 0 Å². The van der Waals surface area contributed by atoms with Gasteiger partial charge in [-0.3, -0.25) is 0 Å². The molecule has 0 amide bonds. The molecule has 1 N–H and O–H groups in total. The Kier molecular flexibility index (Phi) is 5.57. The van der Waals surface area contributed by atoms with Gasteiger partial charge in [0.05, 0.1) is 12.2 Å². The summed E-state index contributed by atoms with van der Waals surface area (Å²) in [6.07, 6.45) is 0.601. The van der Waals surface area contributed by atoms with Gasteiger partial charge < -0.3 is 9.63 Å². The first-order chi connectivity index (χ1) is 8.77. The molecule has 19 heavy (non-hydrogen) atoms. The van der Waals surface area contributed by atoms with Gasteiger partial charge in [-0.25, -0.2) is 0 Å². The van der Waals surface area contributed by atoms with E-state index in [0.29, 0.717) is 23.2 Å². The zero-order valence-electron chi connectivity index (χ0n) is 13.1. The number of nitriles is 1. The van der Waals surface area contributed by atoms with Crippen LogP contribution in [0.2, 0.25) is 16.6 Å². The van der Waals surface area contributed by atoms with E-state index in [1.165, 1.54) is 0 Å². The highest BCUT2D eigenvalue weighted by molar-refractivity contribution is 6.77. The molecular weight excluding hydrogens is 256 g/mol. The quantitative estimate of drug-likeness (QED) is 0.785. The fraction of sp³-hybridized carbons (Fsp3) is 0.929. The lowest BCUT2D eigenvalue weighted by molar-refractivity contribution is -0.0974. The topological polar surface area (TPSA) is 56.5 Å². The number of rotatable bonds is 5. The van der Waals surface area contributed by atoms with E-state index in [0.717, 1.165) is 11.5 Å².